The lowest BCUT2D eigenvalue weighted by Gasteiger charge is -2.43. The fourth-order valence-electron chi connectivity index (χ4n) is 6.62. The third kappa shape index (κ3) is 5.25. The molecule has 1 unspecified atom stereocenters. The highest BCUT2D eigenvalue weighted by Crippen LogP contribution is 2.43. The van der Waals surface area contributed by atoms with Crippen molar-refractivity contribution in [2.45, 2.75) is 64.5 Å². The Balaban J connectivity index is 1.35. The maximum atomic E-state index is 14.1. The molecule has 4 heterocycles. The zero-order valence-electron chi connectivity index (χ0n) is 23.0. The molecule has 3 aliphatic rings. The van der Waals surface area contributed by atoms with E-state index < -0.39 is 23.8 Å². The molecular formula is C30H33ClN4O6. The average Bonchev–Trinajstić information content (AvgIpc) is 3.56. The van der Waals surface area contributed by atoms with Gasteiger partial charge in [0.2, 0.25) is 11.8 Å². The molecule has 2 aromatic heterocycles. The first-order valence-corrected chi connectivity index (χ1v) is 14.7. The van der Waals surface area contributed by atoms with Crippen LogP contribution in [-0.4, -0.2) is 62.5 Å². The van der Waals surface area contributed by atoms with E-state index in [1.165, 1.54) is 0 Å². The Morgan fingerprint density at radius 2 is 1.90 bits per heavy atom. The number of carbonyl (C=O) groups is 3. The summed E-state index contributed by atoms with van der Waals surface area (Å²) in [5.41, 5.74) is 3.51. The number of aryl methyl sites for hydroxylation is 1. The molecule has 0 radical (unpaired) electrons. The molecule has 2 fully saturated rings. The number of benzene rings is 1. The van der Waals surface area contributed by atoms with Gasteiger partial charge in [0.25, 0.3) is 5.71 Å². The summed E-state index contributed by atoms with van der Waals surface area (Å²) < 4.78 is 11.7. The number of ether oxygens (including phenoxy) is 1. The smallest absolute Gasteiger partial charge is 0.307 e. The minimum Gasteiger partial charge on any atom is -0.487 e. The largest absolute Gasteiger partial charge is 0.487 e. The van der Waals surface area contributed by atoms with Gasteiger partial charge in [0, 0.05) is 36.6 Å². The molecule has 0 bridgehead atoms. The molecule has 1 aliphatic carbocycles. The van der Waals surface area contributed by atoms with Gasteiger partial charge >= 0.3 is 5.97 Å². The standard InChI is InChI=1S/C30H33ClN4O6/c1-17-19-9-8-18(32-28(19)41-33-17)16-40-25-11-10-23(31)22-12-14-35(24(27(22)25)15-34-13-4-7-26(34)36)29(37)20-5-2-3-6-21(20)30(38)39/h8-11,20-21,24H,2-7,12-16H2,1H3,(H,38,39)/t20?,21-,24-/m1/s1. The first-order valence-electron chi connectivity index (χ1n) is 14.3. The minimum atomic E-state index is -0.926. The molecule has 216 valence electrons. The maximum absolute atomic E-state index is 14.1. The molecule has 3 aromatic rings. The van der Waals surface area contributed by atoms with Crippen molar-refractivity contribution in [3.8, 4) is 5.75 Å². The van der Waals surface area contributed by atoms with Crippen molar-refractivity contribution < 1.29 is 28.8 Å². The molecule has 0 spiro atoms. The normalized spacial score (nSPS) is 22.7. The van der Waals surface area contributed by atoms with Gasteiger partial charge in [0.05, 0.1) is 34.7 Å². The lowest BCUT2D eigenvalue weighted by atomic mass is 9.77. The number of nitrogens with zero attached hydrogens (tertiary/aromatic N) is 4. The first kappa shape index (κ1) is 27.5. The molecular weight excluding hydrogens is 548 g/mol. The topological polar surface area (TPSA) is 126 Å². The van der Waals surface area contributed by atoms with Crippen LogP contribution < -0.4 is 4.74 Å². The van der Waals surface area contributed by atoms with E-state index in [4.69, 9.17) is 20.9 Å². The second kappa shape index (κ2) is 11.3. The van der Waals surface area contributed by atoms with Gasteiger partial charge in [-0.05, 0) is 62.4 Å². The quantitative estimate of drug-likeness (QED) is 0.426. The first-order chi connectivity index (χ1) is 19.8. The predicted molar refractivity (Wildman–Crippen MR) is 149 cm³/mol. The average molecular weight is 581 g/mol. The summed E-state index contributed by atoms with van der Waals surface area (Å²) >= 11 is 6.70. The number of fused-ring (bicyclic) bond motifs is 2. The summed E-state index contributed by atoms with van der Waals surface area (Å²) in [7, 11) is 0. The lowest BCUT2D eigenvalue weighted by molar-refractivity contribution is -0.154. The van der Waals surface area contributed by atoms with Gasteiger partial charge in [-0.3, -0.25) is 14.4 Å². The van der Waals surface area contributed by atoms with Crippen molar-refractivity contribution in [1.29, 1.82) is 0 Å². The van der Waals surface area contributed by atoms with Gasteiger partial charge in [-0.25, -0.2) is 4.98 Å². The molecule has 6 rings (SSSR count). The summed E-state index contributed by atoms with van der Waals surface area (Å²) in [6.07, 6.45) is 4.41. The highest BCUT2D eigenvalue weighted by atomic mass is 35.5. The molecule has 11 heteroatoms. The number of carboxylic acid groups (broad SMARTS) is 1. The van der Waals surface area contributed by atoms with Crippen molar-refractivity contribution in [1.82, 2.24) is 19.9 Å². The van der Waals surface area contributed by atoms with Crippen LogP contribution in [0.2, 0.25) is 5.02 Å². The van der Waals surface area contributed by atoms with Crippen LogP contribution in [0.4, 0.5) is 0 Å². The number of hydrogen-bond donors (Lipinski definition) is 1. The van der Waals surface area contributed by atoms with E-state index in [1.54, 1.807) is 21.9 Å². The Labute approximate surface area is 242 Å². The second-order valence-electron chi connectivity index (χ2n) is 11.2. The third-order valence-electron chi connectivity index (χ3n) is 8.77. The van der Waals surface area contributed by atoms with Crippen molar-refractivity contribution in [3.05, 3.63) is 51.8 Å². The van der Waals surface area contributed by atoms with Crippen molar-refractivity contribution in [3.63, 3.8) is 0 Å². The molecule has 3 atom stereocenters. The molecule has 1 saturated carbocycles. The van der Waals surface area contributed by atoms with Crippen molar-refractivity contribution in [2.75, 3.05) is 19.6 Å². The van der Waals surface area contributed by atoms with Crippen LogP contribution in [0.25, 0.3) is 11.1 Å². The maximum Gasteiger partial charge on any atom is 0.307 e. The summed E-state index contributed by atoms with van der Waals surface area (Å²) in [4.78, 5) is 47.0. The van der Waals surface area contributed by atoms with E-state index in [9.17, 15) is 19.5 Å². The Morgan fingerprint density at radius 3 is 2.66 bits per heavy atom. The van der Waals surface area contributed by atoms with Gasteiger partial charge in [-0.1, -0.05) is 29.6 Å². The fourth-order valence-corrected chi connectivity index (χ4v) is 6.88. The number of hydrogen-bond acceptors (Lipinski definition) is 7. The van der Waals surface area contributed by atoms with Crippen LogP contribution in [0.5, 0.6) is 5.75 Å². The van der Waals surface area contributed by atoms with Crippen LogP contribution >= 0.6 is 11.6 Å². The summed E-state index contributed by atoms with van der Waals surface area (Å²) in [6.45, 7) is 3.32. The van der Waals surface area contributed by atoms with Crippen molar-refractivity contribution >= 4 is 40.5 Å². The number of carboxylic acids is 1. The van der Waals surface area contributed by atoms with Crippen LogP contribution in [0, 0.1) is 18.8 Å². The summed E-state index contributed by atoms with van der Waals surface area (Å²) in [5, 5.41) is 15.3. The highest BCUT2D eigenvalue weighted by molar-refractivity contribution is 6.31. The van der Waals surface area contributed by atoms with E-state index in [-0.39, 0.29) is 18.4 Å². The van der Waals surface area contributed by atoms with Gasteiger partial charge in [0.15, 0.2) is 0 Å². The predicted octanol–water partition coefficient (Wildman–Crippen LogP) is 4.70. The van der Waals surface area contributed by atoms with E-state index in [0.29, 0.717) is 67.5 Å². The number of aliphatic carboxylic acids is 1. The van der Waals surface area contributed by atoms with Gasteiger partial charge < -0.3 is 24.2 Å². The number of aromatic nitrogens is 2. The van der Waals surface area contributed by atoms with Crippen LogP contribution in [0.15, 0.2) is 28.8 Å². The van der Waals surface area contributed by atoms with Gasteiger partial charge in [-0.15, -0.1) is 0 Å². The van der Waals surface area contributed by atoms with Crippen LogP contribution in [0.3, 0.4) is 0 Å². The number of likely N-dealkylation sites (tertiary alicyclic amines) is 1. The second-order valence-corrected chi connectivity index (χ2v) is 11.6. The number of pyridine rings is 1. The van der Waals surface area contributed by atoms with Crippen LogP contribution in [0.1, 0.15) is 67.1 Å². The monoisotopic (exact) mass is 580 g/mol. The summed E-state index contributed by atoms with van der Waals surface area (Å²) in [5.74, 6) is -1.78. The number of halogens is 1. The SMILES string of the molecule is Cc1noc2nc(COc3ccc(Cl)c4c3[C@@H](CN3CCCC3=O)N(C(=O)C3CCCC[C@H]3C(=O)O)CC4)ccc12. The molecule has 1 N–H and O–H groups in total. The summed E-state index contributed by atoms with van der Waals surface area (Å²) in [6, 6.07) is 6.84. The van der Waals surface area contributed by atoms with E-state index in [1.807, 2.05) is 19.1 Å². The Bertz CT molecular complexity index is 1510. The number of amides is 2. The minimum absolute atomic E-state index is 0.0509. The Hall–Kier alpha value is -3.66. The highest BCUT2D eigenvalue weighted by Gasteiger charge is 2.43. The van der Waals surface area contributed by atoms with Gasteiger partial charge in [-0.2, -0.15) is 0 Å². The zero-order valence-corrected chi connectivity index (χ0v) is 23.7. The molecule has 1 aromatic carbocycles. The lowest BCUT2D eigenvalue weighted by Crippen LogP contribution is -2.50. The molecule has 2 amide bonds. The molecule has 41 heavy (non-hydrogen) atoms. The number of rotatable bonds is 7. The Kier molecular flexibility index (Phi) is 7.59. The third-order valence-corrected chi connectivity index (χ3v) is 9.13. The zero-order chi connectivity index (χ0) is 28.7. The van der Waals surface area contributed by atoms with E-state index in [2.05, 4.69) is 10.1 Å². The van der Waals surface area contributed by atoms with Crippen molar-refractivity contribution in [2.24, 2.45) is 11.8 Å². The molecule has 1 saturated heterocycles. The number of carbonyl (C=O) groups excluding carboxylic acids is 2. The van der Waals surface area contributed by atoms with E-state index >= 15 is 0 Å². The van der Waals surface area contributed by atoms with E-state index in [0.717, 1.165) is 41.5 Å². The van der Waals surface area contributed by atoms with Crippen LogP contribution in [-0.2, 0) is 27.4 Å². The fraction of sp³-hybridized carbons (Fsp3) is 0.500. The molecule has 2 aliphatic heterocycles. The Morgan fingerprint density at radius 1 is 1.10 bits per heavy atom. The molecule has 10 nitrogen and oxygen atoms in total. The van der Waals surface area contributed by atoms with Gasteiger partial charge in [0.1, 0.15) is 12.4 Å².